The largest absolute Gasteiger partial charge is 0.438 e. The van der Waals surface area contributed by atoms with Crippen molar-refractivity contribution in [1.82, 2.24) is 15.6 Å². The number of alkyl halides is 1. The molecule has 36 heavy (non-hydrogen) atoms. The van der Waals surface area contributed by atoms with Gasteiger partial charge in [-0.25, -0.2) is 4.98 Å². The third kappa shape index (κ3) is 6.23. The highest BCUT2D eigenvalue weighted by Crippen LogP contribution is 2.26. The molecule has 0 bridgehead atoms. The van der Waals surface area contributed by atoms with Crippen LogP contribution in [0.5, 0.6) is 0 Å². The topological polar surface area (TPSA) is 87.5 Å². The van der Waals surface area contributed by atoms with Gasteiger partial charge in [0.25, 0.3) is 5.91 Å². The zero-order valence-electron chi connectivity index (χ0n) is 20.3. The van der Waals surface area contributed by atoms with Gasteiger partial charge in [0.1, 0.15) is 11.9 Å². The van der Waals surface area contributed by atoms with Crippen molar-refractivity contribution in [1.29, 1.82) is 0 Å². The highest BCUT2D eigenvalue weighted by molar-refractivity contribution is 6.27. The van der Waals surface area contributed by atoms with Crippen LogP contribution < -0.4 is 15.5 Å². The molecule has 1 heterocycles. The maximum atomic E-state index is 13.2. The van der Waals surface area contributed by atoms with Crippen molar-refractivity contribution < 1.29 is 14.0 Å². The Morgan fingerprint density at radius 1 is 1.03 bits per heavy atom. The molecule has 186 valence electrons. The van der Waals surface area contributed by atoms with Crippen molar-refractivity contribution in [2.45, 2.75) is 18.9 Å². The Morgan fingerprint density at radius 2 is 1.78 bits per heavy atom. The summed E-state index contributed by atoms with van der Waals surface area (Å²) in [4.78, 5) is 31.2. The Labute approximate surface area is 215 Å². The first-order valence-electron chi connectivity index (χ1n) is 11.8. The minimum Gasteiger partial charge on any atom is -0.438 e. The van der Waals surface area contributed by atoms with E-state index in [-0.39, 0.29) is 17.7 Å². The Bertz CT molecular complexity index is 1340. The van der Waals surface area contributed by atoms with E-state index in [1.807, 2.05) is 79.7 Å². The molecule has 0 saturated heterocycles. The second kappa shape index (κ2) is 11.7. The van der Waals surface area contributed by atoms with Crippen LogP contribution in [-0.4, -0.2) is 43.3 Å². The molecule has 0 aliphatic rings. The van der Waals surface area contributed by atoms with Crippen LogP contribution in [-0.2, 0) is 4.79 Å². The van der Waals surface area contributed by atoms with Crippen LogP contribution in [0, 0.1) is 0 Å². The third-order valence-corrected chi connectivity index (χ3v) is 6.14. The minimum absolute atomic E-state index is 0.0850. The Kier molecular flexibility index (Phi) is 8.23. The molecule has 3 aromatic carbocycles. The summed E-state index contributed by atoms with van der Waals surface area (Å²) in [6.07, 6.45) is 2.81. The van der Waals surface area contributed by atoms with Gasteiger partial charge in [0, 0.05) is 37.5 Å². The number of hydrogen-bond donors (Lipinski definition) is 2. The number of nitrogens with zero attached hydrogens (tertiary/aromatic N) is 2. The lowest BCUT2D eigenvalue weighted by Crippen LogP contribution is -2.30. The molecule has 2 amide bonds. The van der Waals surface area contributed by atoms with E-state index in [0.717, 1.165) is 22.0 Å². The van der Waals surface area contributed by atoms with Gasteiger partial charge in [-0.3, -0.25) is 9.59 Å². The molecule has 1 aromatic heterocycles. The van der Waals surface area contributed by atoms with E-state index in [1.54, 1.807) is 6.20 Å². The molecule has 0 aliphatic heterocycles. The fourth-order valence-electron chi connectivity index (χ4n) is 3.92. The van der Waals surface area contributed by atoms with E-state index in [1.165, 1.54) is 0 Å². The number of anilines is 1. The van der Waals surface area contributed by atoms with Crippen LogP contribution in [0.2, 0.25) is 0 Å². The smallest absolute Gasteiger partial charge is 0.251 e. The predicted molar refractivity (Wildman–Crippen MR) is 143 cm³/mol. The van der Waals surface area contributed by atoms with Crippen molar-refractivity contribution in [3.8, 4) is 11.3 Å². The number of hydrogen-bond acceptors (Lipinski definition) is 5. The molecule has 0 fully saturated rings. The molecule has 4 aromatic rings. The van der Waals surface area contributed by atoms with Crippen LogP contribution in [0.25, 0.3) is 22.1 Å². The summed E-state index contributed by atoms with van der Waals surface area (Å²) in [6.45, 7) is 0.439. The van der Waals surface area contributed by atoms with Crippen LogP contribution in [0.1, 0.15) is 35.1 Å². The van der Waals surface area contributed by atoms with Gasteiger partial charge in [-0.2, -0.15) is 0 Å². The van der Waals surface area contributed by atoms with Gasteiger partial charge in [-0.15, -0.1) is 11.6 Å². The van der Waals surface area contributed by atoms with Gasteiger partial charge in [0.05, 0.1) is 6.20 Å². The van der Waals surface area contributed by atoms with E-state index in [9.17, 15) is 9.59 Å². The molecular weight excluding hydrogens is 476 g/mol. The quantitative estimate of drug-likeness (QED) is 0.230. The summed E-state index contributed by atoms with van der Waals surface area (Å²) in [6, 6.07) is 21.0. The summed E-state index contributed by atoms with van der Waals surface area (Å²) in [7, 11) is 3.99. The van der Waals surface area contributed by atoms with Gasteiger partial charge >= 0.3 is 0 Å². The average molecular weight is 505 g/mol. The van der Waals surface area contributed by atoms with E-state index in [4.69, 9.17) is 16.0 Å². The number of carbonyl (C=O) groups is 2. The molecular formula is C28H29ClN4O3. The van der Waals surface area contributed by atoms with Gasteiger partial charge in [0.15, 0.2) is 5.76 Å². The van der Waals surface area contributed by atoms with Crippen molar-refractivity contribution in [3.05, 3.63) is 84.4 Å². The predicted octanol–water partition coefficient (Wildman–Crippen LogP) is 5.17. The number of rotatable bonds is 10. The number of amides is 2. The van der Waals surface area contributed by atoms with Crippen molar-refractivity contribution in [2.75, 3.05) is 31.4 Å². The number of fused-ring (bicyclic) bond motifs is 1. The Morgan fingerprint density at radius 3 is 2.53 bits per heavy atom. The number of benzene rings is 3. The standard InChI is InChI=1S/C28H29ClN4O3/c1-33(2)23-13-12-20-15-22(11-10-21(20)16-23)27(35)32-24(9-6-14-30-26(34)17-29)28-31-18-25(36-28)19-7-4-3-5-8-19/h3-5,7-8,10-13,15-16,18,24H,6,9,14,17H2,1-2H3,(H,30,34)(H,32,35)/t24-/m0/s1. The Balaban J connectivity index is 1.53. The fraction of sp³-hybridized carbons (Fsp3) is 0.250. The van der Waals surface area contributed by atoms with Gasteiger partial charge in [-0.1, -0.05) is 42.5 Å². The highest BCUT2D eigenvalue weighted by Gasteiger charge is 2.21. The molecule has 0 spiro atoms. The molecule has 8 heteroatoms. The van der Waals surface area contributed by atoms with Crippen LogP contribution in [0.3, 0.4) is 0 Å². The molecule has 4 rings (SSSR count). The molecule has 7 nitrogen and oxygen atoms in total. The lowest BCUT2D eigenvalue weighted by atomic mass is 10.0. The zero-order chi connectivity index (χ0) is 25.5. The summed E-state index contributed by atoms with van der Waals surface area (Å²) in [5.74, 6) is 0.513. The van der Waals surface area contributed by atoms with E-state index >= 15 is 0 Å². The first-order chi connectivity index (χ1) is 17.4. The third-order valence-electron chi connectivity index (χ3n) is 5.90. The van der Waals surface area contributed by atoms with Crippen LogP contribution >= 0.6 is 11.6 Å². The van der Waals surface area contributed by atoms with Crippen LogP contribution in [0.15, 0.2) is 77.3 Å². The van der Waals surface area contributed by atoms with Crippen molar-refractivity contribution >= 4 is 39.9 Å². The summed E-state index contributed by atoms with van der Waals surface area (Å²) in [5.41, 5.74) is 2.55. The number of halogens is 1. The van der Waals surface area contributed by atoms with E-state index in [2.05, 4.69) is 21.7 Å². The monoisotopic (exact) mass is 504 g/mol. The number of oxazole rings is 1. The molecule has 2 N–H and O–H groups in total. The molecule has 1 atom stereocenters. The molecule has 0 saturated carbocycles. The zero-order valence-corrected chi connectivity index (χ0v) is 21.1. The normalized spacial score (nSPS) is 11.8. The summed E-state index contributed by atoms with van der Waals surface area (Å²) >= 11 is 5.56. The maximum Gasteiger partial charge on any atom is 0.251 e. The number of nitrogens with one attached hydrogen (secondary N) is 2. The minimum atomic E-state index is -0.463. The van der Waals surface area contributed by atoms with Crippen molar-refractivity contribution in [3.63, 3.8) is 0 Å². The lowest BCUT2D eigenvalue weighted by molar-refractivity contribution is -0.118. The van der Waals surface area contributed by atoms with E-state index < -0.39 is 6.04 Å². The van der Waals surface area contributed by atoms with Gasteiger partial charge in [0.2, 0.25) is 11.8 Å². The van der Waals surface area contributed by atoms with Crippen LogP contribution in [0.4, 0.5) is 5.69 Å². The lowest BCUT2D eigenvalue weighted by Gasteiger charge is -2.17. The first-order valence-corrected chi connectivity index (χ1v) is 12.3. The average Bonchev–Trinajstić information content (AvgIpc) is 3.40. The van der Waals surface area contributed by atoms with Gasteiger partial charge in [-0.05, 0) is 47.9 Å². The number of aromatic nitrogens is 1. The van der Waals surface area contributed by atoms with Gasteiger partial charge < -0.3 is 20.0 Å². The second-order valence-corrected chi connectivity index (χ2v) is 8.99. The summed E-state index contributed by atoms with van der Waals surface area (Å²) in [5, 5.41) is 7.86. The first kappa shape index (κ1) is 25.3. The van der Waals surface area contributed by atoms with E-state index in [0.29, 0.717) is 36.6 Å². The SMILES string of the molecule is CN(C)c1ccc2cc(C(=O)N[C@@H](CCCNC(=O)CCl)c3ncc(-c4ccccc4)o3)ccc2c1. The maximum absolute atomic E-state index is 13.2. The number of carbonyl (C=O) groups excluding carboxylic acids is 2. The highest BCUT2D eigenvalue weighted by atomic mass is 35.5. The second-order valence-electron chi connectivity index (χ2n) is 8.72. The molecule has 0 aliphatic carbocycles. The molecule has 0 radical (unpaired) electrons. The Hall–Kier alpha value is -3.84. The van der Waals surface area contributed by atoms with Crippen molar-refractivity contribution in [2.24, 2.45) is 0 Å². The fourth-order valence-corrected chi connectivity index (χ4v) is 4.01. The molecule has 0 unspecified atom stereocenters. The summed E-state index contributed by atoms with van der Waals surface area (Å²) < 4.78 is 6.03.